The molecule has 0 aromatic heterocycles. The van der Waals surface area contributed by atoms with Gasteiger partial charge in [-0.2, -0.15) is 0 Å². The van der Waals surface area contributed by atoms with Crippen molar-refractivity contribution in [2.75, 3.05) is 24.5 Å². The minimum atomic E-state index is -4.16. The Bertz CT molecular complexity index is 1380. The van der Waals surface area contributed by atoms with E-state index in [0.717, 1.165) is 9.87 Å². The van der Waals surface area contributed by atoms with Gasteiger partial charge in [0, 0.05) is 18.1 Å². The standard InChI is InChI=1S/C28H32ClN3O5S/c1-5-30-28(34)21(3)31(18-22-10-9-11-24(16-22)37-4)27(33)19-32(26-17-23(29)15-14-20(26)2)38(35,36)25-12-7-6-8-13-25/h6-17,21H,5,18-19H2,1-4H3,(H,30,34)/t21-/m0/s1. The number of anilines is 1. The van der Waals surface area contributed by atoms with Gasteiger partial charge in [-0.05, 0) is 68.3 Å². The topological polar surface area (TPSA) is 96.0 Å². The van der Waals surface area contributed by atoms with E-state index in [1.807, 2.05) is 6.07 Å². The van der Waals surface area contributed by atoms with Gasteiger partial charge < -0.3 is 15.0 Å². The first kappa shape index (κ1) is 29.0. The lowest BCUT2D eigenvalue weighted by Crippen LogP contribution is -2.51. The molecule has 0 aliphatic heterocycles. The second kappa shape index (κ2) is 12.8. The van der Waals surface area contributed by atoms with Gasteiger partial charge >= 0.3 is 0 Å². The first-order valence-electron chi connectivity index (χ1n) is 12.1. The number of hydrogen-bond donors (Lipinski definition) is 1. The lowest BCUT2D eigenvalue weighted by atomic mass is 10.1. The quantitative estimate of drug-likeness (QED) is 0.377. The molecule has 3 aromatic rings. The number of likely N-dealkylation sites (N-methyl/N-ethyl adjacent to an activating group) is 1. The molecule has 1 atom stereocenters. The Morgan fingerprint density at radius 1 is 1.03 bits per heavy atom. The molecule has 202 valence electrons. The van der Waals surface area contributed by atoms with Gasteiger partial charge in [-0.3, -0.25) is 13.9 Å². The fourth-order valence-corrected chi connectivity index (χ4v) is 5.61. The third-order valence-corrected chi connectivity index (χ3v) is 8.06. The minimum Gasteiger partial charge on any atom is -0.497 e. The van der Waals surface area contributed by atoms with E-state index < -0.39 is 28.5 Å². The van der Waals surface area contributed by atoms with Crippen LogP contribution < -0.4 is 14.4 Å². The predicted octanol–water partition coefficient (Wildman–Crippen LogP) is 4.41. The van der Waals surface area contributed by atoms with Gasteiger partial charge in [0.1, 0.15) is 18.3 Å². The molecule has 3 aromatic carbocycles. The Morgan fingerprint density at radius 3 is 2.39 bits per heavy atom. The zero-order chi connectivity index (χ0) is 27.9. The van der Waals surface area contributed by atoms with Crippen LogP contribution >= 0.6 is 11.6 Å². The third-order valence-electron chi connectivity index (χ3n) is 6.06. The lowest BCUT2D eigenvalue weighted by molar-refractivity contribution is -0.139. The van der Waals surface area contributed by atoms with Gasteiger partial charge in [0.25, 0.3) is 10.0 Å². The van der Waals surface area contributed by atoms with Crippen LogP contribution in [0, 0.1) is 6.92 Å². The first-order valence-corrected chi connectivity index (χ1v) is 13.9. The van der Waals surface area contributed by atoms with Crippen molar-refractivity contribution in [2.24, 2.45) is 0 Å². The summed E-state index contributed by atoms with van der Waals surface area (Å²) in [6.07, 6.45) is 0. The maximum Gasteiger partial charge on any atom is 0.264 e. The largest absolute Gasteiger partial charge is 0.497 e. The summed E-state index contributed by atoms with van der Waals surface area (Å²) >= 11 is 6.24. The van der Waals surface area contributed by atoms with E-state index in [1.165, 1.54) is 23.1 Å². The van der Waals surface area contributed by atoms with Crippen LogP contribution in [0.25, 0.3) is 0 Å². The third kappa shape index (κ3) is 6.85. The average Bonchev–Trinajstić information content (AvgIpc) is 2.92. The number of halogens is 1. The molecule has 0 saturated heterocycles. The molecule has 2 amide bonds. The molecule has 10 heteroatoms. The Kier molecular flexibility index (Phi) is 9.77. The number of nitrogens with one attached hydrogen (secondary N) is 1. The van der Waals surface area contributed by atoms with Crippen molar-refractivity contribution < 1.29 is 22.7 Å². The number of methoxy groups -OCH3 is 1. The summed E-state index contributed by atoms with van der Waals surface area (Å²) in [5, 5.41) is 3.07. The number of aryl methyl sites for hydroxylation is 1. The van der Waals surface area contributed by atoms with Gasteiger partial charge in [0.15, 0.2) is 0 Å². The molecule has 8 nitrogen and oxygen atoms in total. The van der Waals surface area contributed by atoms with Crippen LogP contribution in [0.1, 0.15) is 25.0 Å². The number of nitrogens with zero attached hydrogens (tertiary/aromatic N) is 2. The summed E-state index contributed by atoms with van der Waals surface area (Å²) in [6.45, 7) is 5.07. The van der Waals surface area contributed by atoms with Crippen LogP contribution in [-0.2, 0) is 26.2 Å². The Labute approximate surface area is 229 Å². The molecule has 1 N–H and O–H groups in total. The van der Waals surface area contributed by atoms with Crippen LogP contribution in [0.2, 0.25) is 5.02 Å². The fourth-order valence-electron chi connectivity index (χ4n) is 3.96. The maximum atomic E-state index is 13.9. The van der Waals surface area contributed by atoms with Gasteiger partial charge in [-0.15, -0.1) is 0 Å². The van der Waals surface area contributed by atoms with E-state index >= 15 is 0 Å². The van der Waals surface area contributed by atoms with Crippen molar-refractivity contribution in [3.63, 3.8) is 0 Å². The molecule has 0 radical (unpaired) electrons. The van der Waals surface area contributed by atoms with E-state index in [9.17, 15) is 18.0 Å². The number of carbonyl (C=O) groups excluding carboxylic acids is 2. The van der Waals surface area contributed by atoms with Crippen LogP contribution in [0.5, 0.6) is 5.75 Å². The Hall–Kier alpha value is -3.56. The fraction of sp³-hybridized carbons (Fsp3) is 0.286. The highest BCUT2D eigenvalue weighted by molar-refractivity contribution is 7.92. The average molecular weight is 558 g/mol. The van der Waals surface area contributed by atoms with E-state index in [4.69, 9.17) is 16.3 Å². The van der Waals surface area contributed by atoms with Crippen LogP contribution in [0.3, 0.4) is 0 Å². The monoisotopic (exact) mass is 557 g/mol. The molecule has 0 unspecified atom stereocenters. The molecule has 0 bridgehead atoms. The number of carbonyl (C=O) groups is 2. The van der Waals surface area contributed by atoms with Crippen molar-refractivity contribution in [2.45, 2.75) is 38.3 Å². The SMILES string of the molecule is CCNC(=O)[C@H](C)N(Cc1cccc(OC)c1)C(=O)CN(c1cc(Cl)ccc1C)S(=O)(=O)c1ccccc1. The Morgan fingerprint density at radius 2 is 1.74 bits per heavy atom. The van der Waals surface area contributed by atoms with Crippen LogP contribution in [0.4, 0.5) is 5.69 Å². The predicted molar refractivity (Wildman–Crippen MR) is 149 cm³/mol. The maximum absolute atomic E-state index is 13.9. The molecular weight excluding hydrogens is 526 g/mol. The van der Waals surface area contributed by atoms with E-state index in [1.54, 1.807) is 76.4 Å². The second-order valence-corrected chi connectivity index (χ2v) is 11.0. The normalized spacial score (nSPS) is 11.9. The van der Waals surface area contributed by atoms with E-state index in [2.05, 4.69) is 5.32 Å². The zero-order valence-corrected chi connectivity index (χ0v) is 23.4. The van der Waals surface area contributed by atoms with E-state index in [-0.39, 0.29) is 23.0 Å². The van der Waals surface area contributed by atoms with Crippen LogP contribution in [-0.4, -0.2) is 51.4 Å². The summed E-state index contributed by atoms with van der Waals surface area (Å²) in [6, 6.07) is 19.0. The number of sulfonamides is 1. The number of rotatable bonds is 11. The Balaban J connectivity index is 2.06. The van der Waals surface area contributed by atoms with Gasteiger partial charge in [0.05, 0.1) is 17.7 Å². The number of benzene rings is 3. The summed E-state index contributed by atoms with van der Waals surface area (Å²) in [7, 11) is -2.61. The zero-order valence-electron chi connectivity index (χ0n) is 21.8. The summed E-state index contributed by atoms with van der Waals surface area (Å²) in [5.74, 6) is -0.297. The molecule has 0 fully saturated rings. The molecular formula is C28H32ClN3O5S. The van der Waals surface area contributed by atoms with Crippen molar-refractivity contribution in [1.82, 2.24) is 10.2 Å². The van der Waals surface area contributed by atoms with E-state index in [0.29, 0.717) is 22.9 Å². The summed E-state index contributed by atoms with van der Waals surface area (Å²) in [4.78, 5) is 28.1. The van der Waals surface area contributed by atoms with Gasteiger partial charge in [-0.1, -0.05) is 48.0 Å². The number of ether oxygens (including phenoxy) is 1. The first-order chi connectivity index (χ1) is 18.1. The summed E-state index contributed by atoms with van der Waals surface area (Å²) < 4.78 is 34.0. The highest BCUT2D eigenvalue weighted by Gasteiger charge is 2.33. The van der Waals surface area contributed by atoms with Crippen molar-refractivity contribution in [1.29, 1.82) is 0 Å². The molecule has 3 rings (SSSR count). The lowest BCUT2D eigenvalue weighted by Gasteiger charge is -2.32. The van der Waals surface area contributed by atoms with Gasteiger partial charge in [0.2, 0.25) is 11.8 Å². The number of hydrogen-bond acceptors (Lipinski definition) is 5. The molecule has 0 aliphatic rings. The molecule has 0 saturated carbocycles. The second-order valence-electron chi connectivity index (χ2n) is 8.70. The van der Waals surface area contributed by atoms with Crippen LogP contribution in [0.15, 0.2) is 77.7 Å². The highest BCUT2D eigenvalue weighted by Crippen LogP contribution is 2.30. The highest BCUT2D eigenvalue weighted by atomic mass is 35.5. The van der Waals surface area contributed by atoms with Crippen molar-refractivity contribution in [3.8, 4) is 5.75 Å². The molecule has 0 spiro atoms. The molecule has 0 heterocycles. The number of amides is 2. The smallest absolute Gasteiger partial charge is 0.264 e. The summed E-state index contributed by atoms with van der Waals surface area (Å²) in [5.41, 5.74) is 1.63. The molecule has 0 aliphatic carbocycles. The minimum absolute atomic E-state index is 0.0308. The van der Waals surface area contributed by atoms with Gasteiger partial charge in [-0.25, -0.2) is 8.42 Å². The van der Waals surface area contributed by atoms with Crippen molar-refractivity contribution >= 4 is 39.1 Å². The van der Waals surface area contributed by atoms with Crippen molar-refractivity contribution in [3.05, 3.63) is 88.9 Å². The molecule has 38 heavy (non-hydrogen) atoms.